The Morgan fingerprint density at radius 1 is 1.20 bits per heavy atom. The summed E-state index contributed by atoms with van der Waals surface area (Å²) in [5.74, 6) is -0.437. The zero-order chi connectivity index (χ0) is 21.3. The first-order valence-corrected chi connectivity index (χ1v) is 10.3. The molecule has 3 heterocycles. The third-order valence-electron chi connectivity index (χ3n) is 5.56. The molecule has 0 spiro atoms. The van der Waals surface area contributed by atoms with Crippen molar-refractivity contribution in [1.82, 2.24) is 19.9 Å². The smallest absolute Gasteiger partial charge is 0.224 e. The van der Waals surface area contributed by atoms with E-state index >= 15 is 0 Å². The van der Waals surface area contributed by atoms with Crippen LogP contribution in [0.4, 0.5) is 14.6 Å². The van der Waals surface area contributed by atoms with E-state index in [2.05, 4.69) is 25.3 Å². The fraction of sp³-hybridized carbons (Fsp3) is 0.455. The van der Waals surface area contributed by atoms with Crippen molar-refractivity contribution in [3.05, 3.63) is 47.4 Å². The zero-order valence-electron chi connectivity index (χ0n) is 17.1. The van der Waals surface area contributed by atoms with Crippen molar-refractivity contribution >= 4 is 22.6 Å². The predicted octanol–water partition coefficient (Wildman–Crippen LogP) is 4.61. The first kappa shape index (κ1) is 20.4. The number of nitrogens with one attached hydrogen (secondary N) is 2. The topological polar surface area (TPSA) is 83.6 Å². The summed E-state index contributed by atoms with van der Waals surface area (Å²) in [6.45, 7) is 3.93. The number of aromatic nitrogens is 4. The van der Waals surface area contributed by atoms with Gasteiger partial charge in [-0.15, -0.1) is 0 Å². The van der Waals surface area contributed by atoms with E-state index in [0.29, 0.717) is 53.3 Å². The maximum absolute atomic E-state index is 14.8. The number of halogens is 2. The third-order valence-corrected chi connectivity index (χ3v) is 5.56. The Kier molecular flexibility index (Phi) is 5.74. The zero-order valence-corrected chi connectivity index (χ0v) is 17.1. The van der Waals surface area contributed by atoms with Gasteiger partial charge in [-0.2, -0.15) is 4.39 Å². The minimum Gasteiger partial charge on any atom is -0.367 e. The highest BCUT2D eigenvalue weighted by atomic mass is 19.1. The lowest BCUT2D eigenvalue weighted by molar-refractivity contribution is 0.103. The highest BCUT2D eigenvalue weighted by Gasteiger charge is 2.24. The van der Waals surface area contributed by atoms with E-state index in [-0.39, 0.29) is 11.6 Å². The van der Waals surface area contributed by atoms with Crippen molar-refractivity contribution in [3.8, 4) is 0 Å². The summed E-state index contributed by atoms with van der Waals surface area (Å²) in [4.78, 5) is 28.5. The highest BCUT2D eigenvalue weighted by Crippen LogP contribution is 2.29. The fourth-order valence-electron chi connectivity index (χ4n) is 4.05. The van der Waals surface area contributed by atoms with Gasteiger partial charge in [0.2, 0.25) is 5.95 Å². The maximum atomic E-state index is 14.8. The van der Waals surface area contributed by atoms with Gasteiger partial charge in [0.05, 0.1) is 16.5 Å². The second kappa shape index (κ2) is 8.45. The first-order valence-electron chi connectivity index (χ1n) is 10.3. The Morgan fingerprint density at radius 3 is 2.67 bits per heavy atom. The Bertz CT molecular complexity index is 1060. The molecule has 3 aromatic heterocycles. The lowest BCUT2D eigenvalue weighted by atomic mass is 9.85. The van der Waals surface area contributed by atoms with Crippen molar-refractivity contribution in [2.75, 3.05) is 5.32 Å². The number of nitrogens with zero attached hydrogens (tertiary/aromatic N) is 3. The molecule has 0 atom stereocenters. The molecule has 1 saturated carbocycles. The lowest BCUT2D eigenvalue weighted by Crippen LogP contribution is -2.17. The molecule has 0 saturated heterocycles. The molecule has 2 N–H and O–H groups in total. The molecule has 1 aliphatic carbocycles. The Balaban J connectivity index is 1.59. The van der Waals surface area contributed by atoms with Gasteiger partial charge in [0.15, 0.2) is 5.78 Å². The van der Waals surface area contributed by atoms with E-state index in [0.717, 1.165) is 12.8 Å². The monoisotopic (exact) mass is 413 g/mol. The number of carbonyl (C=O) groups is 1. The van der Waals surface area contributed by atoms with Gasteiger partial charge < -0.3 is 10.3 Å². The molecule has 6 nitrogen and oxygen atoms in total. The molecule has 158 valence electrons. The SMILES string of the molecule is CC(C)Nc1ncnc2[nH]cc(C(=O)c3ccc(CC4CCC(F)CC4)nc3F)c12. The van der Waals surface area contributed by atoms with Crippen molar-refractivity contribution < 1.29 is 13.6 Å². The molecule has 0 bridgehead atoms. The van der Waals surface area contributed by atoms with Crippen molar-refractivity contribution in [3.63, 3.8) is 0 Å². The number of rotatable bonds is 6. The van der Waals surface area contributed by atoms with Crippen molar-refractivity contribution in [2.45, 2.75) is 58.2 Å². The van der Waals surface area contributed by atoms with Crippen LogP contribution in [0.15, 0.2) is 24.7 Å². The van der Waals surface area contributed by atoms with Gasteiger partial charge >= 0.3 is 0 Å². The molecule has 0 amide bonds. The van der Waals surface area contributed by atoms with Crippen LogP contribution in [0.5, 0.6) is 0 Å². The Labute approximate surface area is 173 Å². The highest BCUT2D eigenvalue weighted by molar-refractivity contribution is 6.18. The number of anilines is 1. The van der Waals surface area contributed by atoms with Crippen LogP contribution in [0.1, 0.15) is 61.1 Å². The number of aromatic amines is 1. The van der Waals surface area contributed by atoms with Gasteiger partial charge in [-0.05, 0) is 64.0 Å². The van der Waals surface area contributed by atoms with Gasteiger partial charge in [0, 0.05) is 17.9 Å². The summed E-state index contributed by atoms with van der Waals surface area (Å²) in [7, 11) is 0. The minimum absolute atomic E-state index is 0.0912. The molecular formula is C22H25F2N5O. The molecule has 30 heavy (non-hydrogen) atoms. The fourth-order valence-corrected chi connectivity index (χ4v) is 4.05. The molecule has 0 aromatic carbocycles. The number of hydrogen-bond acceptors (Lipinski definition) is 5. The third kappa shape index (κ3) is 4.17. The summed E-state index contributed by atoms with van der Waals surface area (Å²) >= 11 is 0. The summed E-state index contributed by atoms with van der Waals surface area (Å²) in [5, 5.41) is 3.72. The van der Waals surface area contributed by atoms with Crippen LogP contribution in [0, 0.1) is 11.9 Å². The van der Waals surface area contributed by atoms with Gasteiger partial charge in [0.25, 0.3) is 0 Å². The van der Waals surface area contributed by atoms with E-state index in [9.17, 15) is 13.6 Å². The quantitative estimate of drug-likeness (QED) is 0.455. The second-order valence-corrected chi connectivity index (χ2v) is 8.24. The van der Waals surface area contributed by atoms with E-state index in [1.54, 1.807) is 6.07 Å². The summed E-state index contributed by atoms with van der Waals surface area (Å²) < 4.78 is 28.1. The Hall–Kier alpha value is -2.90. The van der Waals surface area contributed by atoms with E-state index in [4.69, 9.17) is 0 Å². The van der Waals surface area contributed by atoms with Crippen LogP contribution in [-0.2, 0) is 6.42 Å². The molecule has 0 aliphatic heterocycles. The Morgan fingerprint density at radius 2 is 1.97 bits per heavy atom. The van der Waals surface area contributed by atoms with Gasteiger partial charge in [-0.1, -0.05) is 0 Å². The number of pyridine rings is 1. The summed E-state index contributed by atoms with van der Waals surface area (Å²) in [5.41, 5.74) is 1.30. The second-order valence-electron chi connectivity index (χ2n) is 8.24. The van der Waals surface area contributed by atoms with Crippen LogP contribution in [-0.4, -0.2) is 37.9 Å². The van der Waals surface area contributed by atoms with Crippen molar-refractivity contribution in [1.29, 1.82) is 0 Å². The normalized spacial score (nSPS) is 19.4. The van der Waals surface area contributed by atoms with E-state index in [1.165, 1.54) is 18.6 Å². The summed E-state index contributed by atoms with van der Waals surface area (Å²) in [6, 6.07) is 3.28. The van der Waals surface area contributed by atoms with Crippen LogP contribution < -0.4 is 5.32 Å². The molecule has 8 heteroatoms. The molecule has 1 fully saturated rings. The molecule has 4 rings (SSSR count). The largest absolute Gasteiger partial charge is 0.367 e. The number of ketones is 1. The minimum atomic E-state index is -0.791. The summed E-state index contributed by atoms with van der Waals surface area (Å²) in [6.07, 6.45) is 5.49. The molecule has 0 radical (unpaired) electrons. The first-order chi connectivity index (χ1) is 14.4. The lowest BCUT2D eigenvalue weighted by Gasteiger charge is -2.23. The number of alkyl halides is 1. The molecule has 1 aliphatic rings. The van der Waals surface area contributed by atoms with Gasteiger partial charge in [-0.25, -0.2) is 19.3 Å². The van der Waals surface area contributed by atoms with Crippen LogP contribution in [0.3, 0.4) is 0 Å². The number of H-pyrrole nitrogens is 1. The van der Waals surface area contributed by atoms with Crippen LogP contribution in [0.25, 0.3) is 11.0 Å². The number of carbonyl (C=O) groups excluding carboxylic acids is 1. The molecular weight excluding hydrogens is 388 g/mol. The van der Waals surface area contributed by atoms with Crippen molar-refractivity contribution in [2.24, 2.45) is 5.92 Å². The number of fused-ring (bicyclic) bond motifs is 1. The van der Waals surface area contributed by atoms with Gasteiger partial charge in [-0.3, -0.25) is 4.79 Å². The predicted molar refractivity (Wildman–Crippen MR) is 111 cm³/mol. The molecule has 0 unspecified atom stereocenters. The average molecular weight is 413 g/mol. The van der Waals surface area contributed by atoms with Gasteiger partial charge in [0.1, 0.15) is 24.0 Å². The number of hydrogen-bond donors (Lipinski definition) is 2. The average Bonchev–Trinajstić information content (AvgIpc) is 3.14. The van der Waals surface area contributed by atoms with E-state index in [1.807, 2.05) is 13.8 Å². The van der Waals surface area contributed by atoms with Crippen LogP contribution >= 0.6 is 0 Å². The molecule has 3 aromatic rings. The van der Waals surface area contributed by atoms with Crippen LogP contribution in [0.2, 0.25) is 0 Å². The standard InChI is InChI=1S/C22H25F2N5O/c1-12(2)28-22-18-17(10-25-21(18)26-11-27-22)19(30)16-8-7-15(29-20(16)24)9-13-3-5-14(23)6-4-13/h7-8,10-14H,3-6,9H2,1-2H3,(H2,25,26,27,28). The maximum Gasteiger partial charge on any atom is 0.224 e. The van der Waals surface area contributed by atoms with E-state index < -0.39 is 17.9 Å².